The van der Waals surface area contributed by atoms with E-state index in [4.69, 9.17) is 4.74 Å². The Hall–Kier alpha value is -3.01. The summed E-state index contributed by atoms with van der Waals surface area (Å²) >= 11 is 0. The van der Waals surface area contributed by atoms with E-state index in [-0.39, 0.29) is 17.8 Å². The molecule has 0 aromatic heterocycles. The zero-order valence-corrected chi connectivity index (χ0v) is 13.4. The van der Waals surface area contributed by atoms with E-state index < -0.39 is 11.6 Å². The molecular formula is C21H16F2O2. The van der Waals surface area contributed by atoms with Crippen molar-refractivity contribution < 1.29 is 18.3 Å². The summed E-state index contributed by atoms with van der Waals surface area (Å²) in [6.45, 7) is 0.319. The van der Waals surface area contributed by atoms with Gasteiger partial charge in [0.2, 0.25) is 0 Å². The van der Waals surface area contributed by atoms with Gasteiger partial charge in [0, 0.05) is 6.42 Å². The summed E-state index contributed by atoms with van der Waals surface area (Å²) in [7, 11) is 0. The van der Waals surface area contributed by atoms with Gasteiger partial charge in [-0.3, -0.25) is 4.79 Å². The zero-order valence-electron chi connectivity index (χ0n) is 13.4. The number of ketones is 1. The molecule has 0 heterocycles. The molecule has 4 heteroatoms. The second-order valence-electron chi connectivity index (χ2n) is 5.58. The molecule has 3 aromatic rings. The van der Waals surface area contributed by atoms with E-state index in [1.165, 1.54) is 12.1 Å². The third kappa shape index (κ3) is 4.10. The predicted molar refractivity (Wildman–Crippen MR) is 91.6 cm³/mol. The Balaban J connectivity index is 1.78. The molecule has 3 aromatic carbocycles. The highest BCUT2D eigenvalue weighted by atomic mass is 19.2. The molecule has 0 saturated carbocycles. The minimum atomic E-state index is -0.987. The summed E-state index contributed by atoms with van der Waals surface area (Å²) in [6, 6.07) is 20.2. The summed E-state index contributed by atoms with van der Waals surface area (Å²) in [5, 5.41) is 0. The number of rotatable bonds is 6. The lowest BCUT2D eigenvalue weighted by Crippen LogP contribution is -2.09. The second kappa shape index (κ2) is 7.71. The second-order valence-corrected chi connectivity index (χ2v) is 5.58. The van der Waals surface area contributed by atoms with Crippen molar-refractivity contribution in [1.82, 2.24) is 0 Å². The number of hydrogen-bond donors (Lipinski definition) is 0. The van der Waals surface area contributed by atoms with Crippen LogP contribution in [0.15, 0.2) is 72.8 Å². The molecule has 0 fully saturated rings. The Morgan fingerprint density at radius 1 is 0.840 bits per heavy atom. The van der Waals surface area contributed by atoms with Crippen molar-refractivity contribution in [3.8, 4) is 5.75 Å². The Kier molecular flexibility index (Phi) is 5.19. The Labute approximate surface area is 144 Å². The number of para-hydroxylation sites is 1. The fourth-order valence-corrected chi connectivity index (χ4v) is 2.51. The van der Waals surface area contributed by atoms with Crippen LogP contribution in [-0.4, -0.2) is 5.78 Å². The molecule has 3 rings (SSSR count). The summed E-state index contributed by atoms with van der Waals surface area (Å²) in [5.41, 5.74) is 1.35. The van der Waals surface area contributed by atoms with Crippen molar-refractivity contribution in [2.45, 2.75) is 13.0 Å². The number of ether oxygens (including phenoxy) is 1. The van der Waals surface area contributed by atoms with Gasteiger partial charge in [0.1, 0.15) is 12.4 Å². The summed E-state index contributed by atoms with van der Waals surface area (Å²) < 4.78 is 32.8. The number of benzene rings is 3. The van der Waals surface area contributed by atoms with Gasteiger partial charge >= 0.3 is 0 Å². The summed E-state index contributed by atoms with van der Waals surface area (Å²) in [4.78, 5) is 12.5. The van der Waals surface area contributed by atoms with Crippen molar-refractivity contribution in [3.05, 3.63) is 101 Å². The fourth-order valence-electron chi connectivity index (χ4n) is 2.51. The van der Waals surface area contributed by atoms with Crippen LogP contribution in [0, 0.1) is 11.6 Å². The highest BCUT2D eigenvalue weighted by Crippen LogP contribution is 2.22. The lowest BCUT2D eigenvalue weighted by atomic mass is 10.0. The van der Waals surface area contributed by atoms with E-state index in [2.05, 4.69) is 0 Å². The van der Waals surface area contributed by atoms with Crippen molar-refractivity contribution >= 4 is 5.78 Å². The van der Waals surface area contributed by atoms with E-state index in [1.54, 1.807) is 24.3 Å². The van der Waals surface area contributed by atoms with Crippen LogP contribution in [0.1, 0.15) is 21.5 Å². The molecule has 0 amide bonds. The summed E-state index contributed by atoms with van der Waals surface area (Å²) in [6.07, 6.45) is -0.227. The number of Topliss-reactive ketones (excluding diaryl/α,β-unsaturated/α-hetero) is 1. The molecule has 0 spiro atoms. The third-order valence-corrected chi connectivity index (χ3v) is 3.81. The van der Waals surface area contributed by atoms with Gasteiger partial charge in [-0.05, 0) is 29.3 Å². The average Bonchev–Trinajstić information content (AvgIpc) is 2.65. The van der Waals surface area contributed by atoms with E-state index in [9.17, 15) is 13.6 Å². The quantitative estimate of drug-likeness (QED) is 0.593. The van der Waals surface area contributed by atoms with Crippen LogP contribution in [0.5, 0.6) is 5.75 Å². The molecule has 25 heavy (non-hydrogen) atoms. The Bertz CT molecular complexity index is 876. The van der Waals surface area contributed by atoms with Crippen LogP contribution < -0.4 is 4.74 Å². The standard InChI is InChI=1S/C21H16F2O2/c22-18-11-6-9-16(21(18)23)13-19(24)17-10-4-5-12-20(17)25-14-15-7-2-1-3-8-15/h1-12H,13-14H2. The minimum absolute atomic E-state index is 0.0304. The maximum Gasteiger partial charge on any atom is 0.171 e. The monoisotopic (exact) mass is 338 g/mol. The van der Waals surface area contributed by atoms with Crippen molar-refractivity contribution in [1.29, 1.82) is 0 Å². The molecular weight excluding hydrogens is 322 g/mol. The largest absolute Gasteiger partial charge is 0.488 e. The Morgan fingerprint density at radius 3 is 2.36 bits per heavy atom. The first kappa shape index (κ1) is 16.8. The molecule has 0 aliphatic heterocycles. The molecule has 2 nitrogen and oxygen atoms in total. The van der Waals surface area contributed by atoms with Crippen molar-refractivity contribution in [2.24, 2.45) is 0 Å². The van der Waals surface area contributed by atoms with Gasteiger partial charge in [-0.2, -0.15) is 0 Å². The van der Waals surface area contributed by atoms with Crippen LogP contribution in [0.25, 0.3) is 0 Å². The third-order valence-electron chi connectivity index (χ3n) is 3.81. The van der Waals surface area contributed by atoms with Crippen LogP contribution >= 0.6 is 0 Å². The normalized spacial score (nSPS) is 10.5. The zero-order chi connectivity index (χ0) is 17.6. The SMILES string of the molecule is O=C(Cc1cccc(F)c1F)c1ccccc1OCc1ccccc1. The van der Waals surface area contributed by atoms with Gasteiger partial charge in [0.25, 0.3) is 0 Å². The van der Waals surface area contributed by atoms with E-state index in [1.807, 2.05) is 30.3 Å². The van der Waals surface area contributed by atoms with Gasteiger partial charge in [0.05, 0.1) is 5.56 Å². The smallest absolute Gasteiger partial charge is 0.171 e. The molecule has 126 valence electrons. The molecule has 0 aliphatic rings. The molecule has 0 aliphatic carbocycles. The lowest BCUT2D eigenvalue weighted by Gasteiger charge is -2.11. The molecule has 0 bridgehead atoms. The van der Waals surface area contributed by atoms with Crippen LogP contribution in [0.4, 0.5) is 8.78 Å². The van der Waals surface area contributed by atoms with Gasteiger partial charge in [-0.15, -0.1) is 0 Å². The van der Waals surface area contributed by atoms with Gasteiger partial charge in [0.15, 0.2) is 17.4 Å². The first-order chi connectivity index (χ1) is 12.1. The topological polar surface area (TPSA) is 26.3 Å². The predicted octanol–water partition coefficient (Wildman–Crippen LogP) is 4.97. The van der Waals surface area contributed by atoms with Crippen molar-refractivity contribution in [2.75, 3.05) is 0 Å². The van der Waals surface area contributed by atoms with Crippen LogP contribution in [0.2, 0.25) is 0 Å². The van der Waals surface area contributed by atoms with Crippen LogP contribution in [-0.2, 0) is 13.0 Å². The van der Waals surface area contributed by atoms with Crippen LogP contribution in [0.3, 0.4) is 0 Å². The maximum atomic E-state index is 13.8. The summed E-state index contributed by atoms with van der Waals surface area (Å²) in [5.74, 6) is -1.85. The highest BCUT2D eigenvalue weighted by molar-refractivity contribution is 6.00. The molecule has 0 N–H and O–H groups in total. The van der Waals surface area contributed by atoms with E-state index in [0.29, 0.717) is 17.9 Å². The molecule has 0 saturated heterocycles. The van der Waals surface area contributed by atoms with E-state index >= 15 is 0 Å². The van der Waals surface area contributed by atoms with Gasteiger partial charge in [-0.1, -0.05) is 54.6 Å². The minimum Gasteiger partial charge on any atom is -0.488 e. The van der Waals surface area contributed by atoms with Gasteiger partial charge < -0.3 is 4.74 Å². The number of halogens is 2. The maximum absolute atomic E-state index is 13.8. The first-order valence-corrected chi connectivity index (χ1v) is 7.87. The fraction of sp³-hybridized carbons (Fsp3) is 0.0952. The number of hydrogen-bond acceptors (Lipinski definition) is 2. The number of carbonyl (C=O) groups is 1. The molecule has 0 atom stereocenters. The van der Waals surface area contributed by atoms with E-state index in [0.717, 1.165) is 11.6 Å². The molecule has 0 radical (unpaired) electrons. The first-order valence-electron chi connectivity index (χ1n) is 7.87. The molecule has 0 unspecified atom stereocenters. The Morgan fingerprint density at radius 2 is 1.56 bits per heavy atom. The number of carbonyl (C=O) groups excluding carboxylic acids is 1. The highest BCUT2D eigenvalue weighted by Gasteiger charge is 2.16. The average molecular weight is 338 g/mol. The van der Waals surface area contributed by atoms with Gasteiger partial charge in [-0.25, -0.2) is 8.78 Å². The van der Waals surface area contributed by atoms with Crippen molar-refractivity contribution in [3.63, 3.8) is 0 Å². The lowest BCUT2D eigenvalue weighted by molar-refractivity contribution is 0.0987.